The molecule has 0 N–H and O–H groups in total. The topological polar surface area (TPSA) is 39.7 Å². The van der Waals surface area contributed by atoms with Crippen molar-refractivity contribution in [2.24, 2.45) is 0 Å². The van der Waals surface area contributed by atoms with E-state index >= 15 is 0 Å². The summed E-state index contributed by atoms with van der Waals surface area (Å²) in [7, 11) is 3.66. The molecule has 2 heterocycles. The summed E-state index contributed by atoms with van der Waals surface area (Å²) in [5, 5.41) is 0. The molecule has 0 saturated heterocycles. The summed E-state index contributed by atoms with van der Waals surface area (Å²) in [5.74, 6) is -2.44. The van der Waals surface area contributed by atoms with Crippen molar-refractivity contribution in [1.29, 1.82) is 0 Å². The van der Waals surface area contributed by atoms with Gasteiger partial charge in [-0.05, 0) is 30.1 Å². The number of hydrogen-bond acceptors (Lipinski definition) is 4. The summed E-state index contributed by atoms with van der Waals surface area (Å²) in [6.07, 6.45) is 1.59. The molecular formula is C21H17F3N4OS. The van der Waals surface area contributed by atoms with Gasteiger partial charge < -0.3 is 4.90 Å². The molecule has 1 aliphatic rings. The predicted octanol–water partition coefficient (Wildman–Crippen LogP) is 5.22. The van der Waals surface area contributed by atoms with Gasteiger partial charge in [-0.15, -0.1) is 0 Å². The third kappa shape index (κ3) is 3.68. The minimum atomic E-state index is -1.04. The van der Waals surface area contributed by atoms with E-state index in [1.54, 1.807) is 35.4 Å². The minimum Gasteiger partial charge on any atom is -0.363 e. The first-order valence-corrected chi connectivity index (χ1v) is 9.78. The lowest BCUT2D eigenvalue weighted by molar-refractivity contribution is 0.254. The van der Waals surface area contributed by atoms with E-state index in [2.05, 4.69) is 4.98 Å². The molecule has 4 rings (SSSR count). The largest absolute Gasteiger partial charge is 0.363 e. The zero-order valence-corrected chi connectivity index (χ0v) is 17.0. The Labute approximate surface area is 175 Å². The number of nitrogens with zero attached hydrogens (tertiary/aromatic N) is 4. The molecule has 0 atom stereocenters. The number of hydrogen-bond donors (Lipinski definition) is 0. The molecule has 3 aromatic rings. The number of aromatic nitrogens is 1. The Morgan fingerprint density at radius 3 is 2.43 bits per heavy atom. The highest BCUT2D eigenvalue weighted by atomic mass is 32.2. The zero-order chi connectivity index (χ0) is 21.4. The molecule has 0 spiro atoms. The van der Waals surface area contributed by atoms with E-state index in [9.17, 15) is 18.0 Å². The minimum absolute atomic E-state index is 0.378. The molecule has 30 heavy (non-hydrogen) atoms. The van der Waals surface area contributed by atoms with Crippen LogP contribution in [0.25, 0.3) is 0 Å². The van der Waals surface area contributed by atoms with Crippen molar-refractivity contribution in [3.05, 3.63) is 77.7 Å². The van der Waals surface area contributed by atoms with Crippen molar-refractivity contribution in [2.75, 3.05) is 28.2 Å². The molecule has 9 heteroatoms. The Bertz CT molecular complexity index is 1100. The molecule has 0 radical (unpaired) electrons. The summed E-state index contributed by atoms with van der Waals surface area (Å²) in [5.41, 5.74) is 0.715. The van der Waals surface area contributed by atoms with Gasteiger partial charge in [0.25, 0.3) is 0 Å². The van der Waals surface area contributed by atoms with Gasteiger partial charge in [0, 0.05) is 44.1 Å². The average Bonchev–Trinajstić information content (AvgIpc) is 2.71. The molecule has 1 aliphatic heterocycles. The van der Waals surface area contributed by atoms with Gasteiger partial charge >= 0.3 is 6.03 Å². The van der Waals surface area contributed by atoms with Crippen LogP contribution in [0, 0.1) is 17.5 Å². The number of carbonyl (C=O) groups is 1. The molecule has 1 aromatic heterocycles. The SMILES string of the molecule is CN(C)c1cc(N2Sc3ccccc3N(Cc3c(F)cc(F)cc3F)C2=O)ccn1. The van der Waals surface area contributed by atoms with Crippen molar-refractivity contribution in [2.45, 2.75) is 11.4 Å². The van der Waals surface area contributed by atoms with Crippen LogP contribution in [0.1, 0.15) is 5.56 Å². The molecule has 0 aliphatic carbocycles. The molecule has 0 bridgehead atoms. The Morgan fingerprint density at radius 2 is 1.73 bits per heavy atom. The lowest BCUT2D eigenvalue weighted by Gasteiger charge is -2.36. The van der Waals surface area contributed by atoms with Gasteiger partial charge in [-0.2, -0.15) is 0 Å². The highest BCUT2D eigenvalue weighted by Gasteiger charge is 2.33. The summed E-state index contributed by atoms with van der Waals surface area (Å²) in [4.78, 5) is 21.4. The average molecular weight is 430 g/mol. The highest BCUT2D eigenvalue weighted by Crippen LogP contribution is 2.42. The fraction of sp³-hybridized carbons (Fsp3) is 0.143. The van der Waals surface area contributed by atoms with Gasteiger partial charge in [0.2, 0.25) is 0 Å². The Hall–Kier alpha value is -3.20. The first-order valence-electron chi connectivity index (χ1n) is 9.00. The maximum Gasteiger partial charge on any atom is 0.339 e. The predicted molar refractivity (Wildman–Crippen MR) is 111 cm³/mol. The molecule has 154 valence electrons. The fourth-order valence-electron chi connectivity index (χ4n) is 3.08. The van der Waals surface area contributed by atoms with Crippen molar-refractivity contribution in [1.82, 2.24) is 4.98 Å². The van der Waals surface area contributed by atoms with Crippen molar-refractivity contribution in [3.8, 4) is 0 Å². The third-order valence-electron chi connectivity index (χ3n) is 4.59. The summed E-state index contributed by atoms with van der Waals surface area (Å²) in [6, 6.07) is 11.2. The van der Waals surface area contributed by atoms with E-state index in [1.807, 2.05) is 26.2 Å². The van der Waals surface area contributed by atoms with Crippen molar-refractivity contribution in [3.63, 3.8) is 0 Å². The summed E-state index contributed by atoms with van der Waals surface area (Å²) < 4.78 is 43.3. The molecule has 2 aromatic carbocycles. The van der Waals surface area contributed by atoms with Gasteiger partial charge in [-0.25, -0.2) is 27.3 Å². The maximum atomic E-state index is 14.3. The molecular weight excluding hydrogens is 413 g/mol. The number of rotatable bonds is 4. The quantitative estimate of drug-likeness (QED) is 0.532. The number of urea groups is 1. The van der Waals surface area contributed by atoms with Crippen LogP contribution in [-0.4, -0.2) is 25.1 Å². The van der Waals surface area contributed by atoms with E-state index in [-0.39, 0.29) is 12.1 Å². The van der Waals surface area contributed by atoms with Crippen LogP contribution >= 0.6 is 11.9 Å². The van der Waals surface area contributed by atoms with Gasteiger partial charge in [0.15, 0.2) is 0 Å². The Kier molecular flexibility index (Phi) is 5.29. The Balaban J connectivity index is 1.77. The number of benzene rings is 2. The first-order chi connectivity index (χ1) is 14.3. The second kappa shape index (κ2) is 7.91. The number of pyridine rings is 1. The van der Waals surface area contributed by atoms with Crippen LogP contribution in [0.15, 0.2) is 59.6 Å². The van der Waals surface area contributed by atoms with Crippen LogP contribution in [-0.2, 0) is 6.54 Å². The summed E-state index contributed by atoms with van der Waals surface area (Å²) >= 11 is 1.21. The van der Waals surface area contributed by atoms with E-state index in [0.717, 1.165) is 4.90 Å². The van der Waals surface area contributed by atoms with Crippen LogP contribution in [0.2, 0.25) is 0 Å². The molecule has 0 saturated carbocycles. The molecule has 0 fully saturated rings. The second-order valence-electron chi connectivity index (χ2n) is 6.84. The van der Waals surface area contributed by atoms with E-state index in [0.29, 0.717) is 29.3 Å². The van der Waals surface area contributed by atoms with Gasteiger partial charge in [0.05, 0.1) is 22.8 Å². The fourth-order valence-corrected chi connectivity index (χ4v) is 4.09. The van der Waals surface area contributed by atoms with Crippen molar-refractivity contribution >= 4 is 35.2 Å². The molecule has 2 amide bonds. The number of fused-ring (bicyclic) bond motifs is 1. The molecule has 0 unspecified atom stereocenters. The normalized spacial score (nSPS) is 13.4. The van der Waals surface area contributed by atoms with E-state index in [1.165, 1.54) is 21.2 Å². The van der Waals surface area contributed by atoms with Crippen LogP contribution in [0.3, 0.4) is 0 Å². The number of para-hydroxylation sites is 1. The monoisotopic (exact) mass is 430 g/mol. The van der Waals surface area contributed by atoms with Gasteiger partial charge in [-0.1, -0.05) is 12.1 Å². The van der Waals surface area contributed by atoms with Crippen LogP contribution in [0.4, 0.5) is 35.2 Å². The van der Waals surface area contributed by atoms with E-state index < -0.39 is 23.5 Å². The van der Waals surface area contributed by atoms with Crippen LogP contribution < -0.4 is 14.1 Å². The standard InChI is InChI=1S/C21H17F3N4OS/c1-26(2)20-11-14(7-8-25-20)28-21(29)27(18-5-3-4-6-19(18)30-28)12-15-16(23)9-13(22)10-17(15)24/h3-11H,12H2,1-2H3. The highest BCUT2D eigenvalue weighted by molar-refractivity contribution is 8.01. The second-order valence-corrected chi connectivity index (χ2v) is 7.82. The number of anilines is 3. The van der Waals surface area contributed by atoms with Gasteiger partial charge in [-0.3, -0.25) is 4.90 Å². The lowest BCUT2D eigenvalue weighted by atomic mass is 10.1. The first kappa shape index (κ1) is 20.1. The third-order valence-corrected chi connectivity index (χ3v) is 5.69. The van der Waals surface area contributed by atoms with Gasteiger partial charge in [0.1, 0.15) is 23.3 Å². The maximum absolute atomic E-state index is 14.3. The van der Waals surface area contributed by atoms with E-state index in [4.69, 9.17) is 0 Å². The molecule has 5 nitrogen and oxygen atoms in total. The summed E-state index contributed by atoms with van der Waals surface area (Å²) in [6.45, 7) is -0.378. The Morgan fingerprint density at radius 1 is 1.03 bits per heavy atom. The van der Waals surface area contributed by atoms with Crippen LogP contribution in [0.5, 0.6) is 0 Å². The number of halogens is 3. The lowest BCUT2D eigenvalue weighted by Crippen LogP contribution is -2.43. The van der Waals surface area contributed by atoms with Crippen molar-refractivity contribution < 1.29 is 18.0 Å². The number of carbonyl (C=O) groups excluding carboxylic acids is 1. The zero-order valence-electron chi connectivity index (χ0n) is 16.1. The number of amides is 2. The smallest absolute Gasteiger partial charge is 0.339 e.